The summed E-state index contributed by atoms with van der Waals surface area (Å²) in [6.07, 6.45) is 9.12. The summed E-state index contributed by atoms with van der Waals surface area (Å²) in [5, 5.41) is 12.8. The average Bonchev–Trinajstić information content (AvgIpc) is 3.38. The van der Waals surface area contributed by atoms with Crippen molar-refractivity contribution >= 4 is 59.4 Å². The van der Waals surface area contributed by atoms with Gasteiger partial charge >= 0.3 is 29.8 Å². The molecule has 3 aromatic rings. The Morgan fingerprint density at radius 2 is 0.597 bits per heavy atom. The van der Waals surface area contributed by atoms with Crippen LogP contribution in [0.25, 0.3) is 0 Å². The van der Waals surface area contributed by atoms with Gasteiger partial charge in [0, 0.05) is 30.5 Å². The number of amides is 5. The maximum absolute atomic E-state index is 12.3. The van der Waals surface area contributed by atoms with Gasteiger partial charge in [-0.2, -0.15) is 0 Å². The summed E-state index contributed by atoms with van der Waals surface area (Å²) >= 11 is 0. The van der Waals surface area contributed by atoms with Crippen molar-refractivity contribution in [1.29, 1.82) is 0 Å². The highest BCUT2D eigenvalue weighted by Crippen LogP contribution is 2.08. The van der Waals surface area contributed by atoms with Gasteiger partial charge in [0.05, 0.1) is 35.5 Å². The number of hydrogen-bond donors (Lipinski definition) is 5. The van der Waals surface area contributed by atoms with Crippen LogP contribution in [-0.2, 0) is 57.2 Å². The molecular formula is C52H67N5O15. The summed E-state index contributed by atoms with van der Waals surface area (Å²) in [6, 6.07) is 21.6. The van der Waals surface area contributed by atoms with Gasteiger partial charge in [-0.1, -0.05) is 92.4 Å². The molecule has 0 aliphatic heterocycles. The van der Waals surface area contributed by atoms with Crippen molar-refractivity contribution in [2.24, 2.45) is 0 Å². The highest BCUT2D eigenvalue weighted by atomic mass is 16.5. The molecule has 5 amide bonds. The lowest BCUT2D eigenvalue weighted by molar-refractivity contribution is -0.145. The fraction of sp³-hybridized carbons (Fsp3) is 0.346. The van der Waals surface area contributed by atoms with E-state index in [9.17, 15) is 47.9 Å². The molecule has 0 saturated heterocycles. The molecule has 5 N–H and O–H groups in total. The highest BCUT2D eigenvalue weighted by Gasteiger charge is 2.24. The van der Waals surface area contributed by atoms with Gasteiger partial charge in [-0.25, -0.2) is 24.0 Å². The Morgan fingerprint density at radius 3 is 0.792 bits per heavy atom. The zero-order valence-corrected chi connectivity index (χ0v) is 40.8. The van der Waals surface area contributed by atoms with Crippen LogP contribution in [0.2, 0.25) is 0 Å². The van der Waals surface area contributed by atoms with Gasteiger partial charge in [0.25, 0.3) is 17.7 Å². The van der Waals surface area contributed by atoms with Crippen molar-refractivity contribution in [3.63, 3.8) is 0 Å². The van der Waals surface area contributed by atoms with Crippen molar-refractivity contribution in [3.05, 3.63) is 145 Å². The van der Waals surface area contributed by atoms with Crippen LogP contribution in [0.4, 0.5) is 0 Å². The lowest BCUT2D eigenvalue weighted by atomic mass is 10.1. The van der Waals surface area contributed by atoms with Crippen molar-refractivity contribution in [1.82, 2.24) is 26.6 Å². The number of esters is 5. The Balaban J connectivity index is 0.00000110. The number of benzene rings is 3. The van der Waals surface area contributed by atoms with E-state index in [1.54, 1.807) is 115 Å². The molecule has 0 unspecified atom stereocenters. The minimum Gasteiger partial charge on any atom is -0.467 e. The minimum absolute atomic E-state index is 0. The number of carbonyl (C=O) groups excluding carboxylic acids is 10. The molecule has 3 aromatic carbocycles. The molecular weight excluding hydrogens is 935 g/mol. The summed E-state index contributed by atoms with van der Waals surface area (Å²) in [6.45, 7) is 6.13. The van der Waals surface area contributed by atoms with Crippen LogP contribution in [0, 0.1) is 0 Å². The Hall–Kier alpha value is -8.42. The fourth-order valence-electron chi connectivity index (χ4n) is 5.86. The second-order valence-electron chi connectivity index (χ2n) is 14.7. The van der Waals surface area contributed by atoms with E-state index in [1.807, 2.05) is 6.07 Å². The molecule has 3 rings (SSSR count). The van der Waals surface area contributed by atoms with Crippen LogP contribution in [0.3, 0.4) is 0 Å². The van der Waals surface area contributed by atoms with Crippen molar-refractivity contribution in [2.75, 3.05) is 35.5 Å². The monoisotopic (exact) mass is 1000 g/mol. The maximum Gasteiger partial charge on any atom is 0.328 e. The van der Waals surface area contributed by atoms with Crippen LogP contribution >= 0.6 is 0 Å². The van der Waals surface area contributed by atoms with Gasteiger partial charge in [0.2, 0.25) is 11.8 Å². The molecule has 0 spiro atoms. The summed E-state index contributed by atoms with van der Waals surface area (Å²) in [4.78, 5) is 117. The largest absolute Gasteiger partial charge is 0.467 e. The first-order chi connectivity index (χ1) is 34.0. The van der Waals surface area contributed by atoms with Crippen LogP contribution in [0.1, 0.15) is 84.5 Å². The molecule has 390 valence electrons. The quantitative estimate of drug-likeness (QED) is 0.0508. The number of hydrogen-bond acceptors (Lipinski definition) is 15. The second-order valence-corrected chi connectivity index (χ2v) is 14.7. The number of nitrogens with one attached hydrogen (secondary N) is 5. The van der Waals surface area contributed by atoms with E-state index in [1.165, 1.54) is 49.4 Å². The number of ether oxygens (including phenoxy) is 5. The van der Waals surface area contributed by atoms with E-state index >= 15 is 0 Å². The average molecular weight is 1000 g/mol. The lowest BCUT2D eigenvalue weighted by Crippen LogP contribution is -2.41. The Bertz CT molecular complexity index is 2150. The van der Waals surface area contributed by atoms with Crippen LogP contribution in [0.15, 0.2) is 128 Å². The Labute approximate surface area is 420 Å². The van der Waals surface area contributed by atoms with Gasteiger partial charge in [-0.3, -0.25) is 24.0 Å². The maximum atomic E-state index is 12.3. The summed E-state index contributed by atoms with van der Waals surface area (Å²) in [5.74, 6) is -4.62. The highest BCUT2D eigenvalue weighted by molar-refractivity contribution is 5.98. The van der Waals surface area contributed by atoms with Crippen molar-refractivity contribution in [3.8, 4) is 0 Å². The molecule has 20 heteroatoms. The number of rotatable bonds is 23. The van der Waals surface area contributed by atoms with E-state index in [-0.39, 0.29) is 50.8 Å². The zero-order valence-electron chi connectivity index (χ0n) is 40.8. The van der Waals surface area contributed by atoms with E-state index in [4.69, 9.17) is 9.47 Å². The molecule has 0 fully saturated rings. The third-order valence-corrected chi connectivity index (χ3v) is 9.43. The van der Waals surface area contributed by atoms with E-state index in [0.717, 1.165) is 0 Å². The van der Waals surface area contributed by atoms with Crippen LogP contribution < -0.4 is 26.6 Å². The van der Waals surface area contributed by atoms with Gasteiger partial charge < -0.3 is 50.3 Å². The molecule has 72 heavy (non-hydrogen) atoms. The van der Waals surface area contributed by atoms with Gasteiger partial charge in [-0.05, 0) is 68.5 Å². The fourth-order valence-corrected chi connectivity index (χ4v) is 5.86. The van der Waals surface area contributed by atoms with Crippen LogP contribution in [0.5, 0.6) is 0 Å². The summed E-state index contributed by atoms with van der Waals surface area (Å²) in [7, 11) is 6.21. The Kier molecular flexibility index (Phi) is 32.3. The molecule has 0 radical (unpaired) electrons. The van der Waals surface area contributed by atoms with E-state index in [2.05, 4.69) is 47.4 Å². The molecule has 0 aromatic heterocycles. The molecule has 0 bridgehead atoms. The first-order valence-corrected chi connectivity index (χ1v) is 21.9. The topological polar surface area (TPSA) is 277 Å². The zero-order chi connectivity index (χ0) is 53.1. The normalized spacial score (nSPS) is 12.2. The van der Waals surface area contributed by atoms with Crippen molar-refractivity contribution in [2.45, 2.75) is 83.6 Å². The molecule has 5 atom stereocenters. The predicted molar refractivity (Wildman–Crippen MR) is 267 cm³/mol. The van der Waals surface area contributed by atoms with Crippen molar-refractivity contribution < 1.29 is 71.6 Å². The lowest BCUT2D eigenvalue weighted by Gasteiger charge is -2.16. The first kappa shape index (κ1) is 63.6. The molecule has 0 heterocycles. The standard InChI is InChI=1S/C24H26N2O6.C14H22N2O6.C13H15NO3.CH4/c1-31-23(29)19(25-21(27)17-11-5-3-6-12-17)15-9-10-16-20(24(30)32-2)26-22(28)18-13-7-4-8-14-18;1-9(17)15-11(13(19)21-3)7-5-6-8-12(14(20)22-4)16-10(2)18;1-3-7-11(13(16)17-2)14-12(15)10-8-5-4-6-9-10;/h3-14,19-20H,15-16H2,1-2H3,(H,25,27)(H,26,28);5-6,11-12H,7-8H2,1-4H3,(H,15,17)(H,16,18);3-6,8-9,11H,1,7H2,2H3,(H,14,15);1H4/t19-,20-;11-,12-;11-;/m000./s1. The second kappa shape index (κ2) is 36.5. The smallest absolute Gasteiger partial charge is 0.328 e. The minimum atomic E-state index is -0.903. The SMILES string of the molecule is C.C=CC[C@H](NC(=O)c1ccccc1)C(=O)OC.COC(=O)[C@H](CC=CC[C@H](NC(=O)c1ccccc1)C(=O)OC)NC(=O)c1ccccc1.COC(=O)[C@H](CC=CC[C@H](NC(C)=O)C(=O)OC)NC(C)=O. The van der Waals surface area contributed by atoms with Gasteiger partial charge in [0.1, 0.15) is 30.2 Å². The summed E-state index contributed by atoms with van der Waals surface area (Å²) < 4.78 is 23.3. The molecule has 0 aliphatic rings. The molecule has 0 saturated carbocycles. The van der Waals surface area contributed by atoms with E-state index < -0.39 is 71.9 Å². The van der Waals surface area contributed by atoms with Crippen LogP contribution in [-0.4, -0.2) is 125 Å². The first-order valence-electron chi connectivity index (χ1n) is 21.9. The van der Waals surface area contributed by atoms with Gasteiger partial charge in [-0.15, -0.1) is 6.58 Å². The van der Waals surface area contributed by atoms with E-state index in [0.29, 0.717) is 23.1 Å². The summed E-state index contributed by atoms with van der Waals surface area (Å²) in [5.41, 5.74) is 1.34. The molecule has 20 nitrogen and oxygen atoms in total. The predicted octanol–water partition coefficient (Wildman–Crippen LogP) is 4.11. The van der Waals surface area contributed by atoms with Gasteiger partial charge in [0.15, 0.2) is 0 Å². The number of methoxy groups -OCH3 is 5. The molecule has 0 aliphatic carbocycles. The Morgan fingerprint density at radius 1 is 0.389 bits per heavy atom. The third kappa shape index (κ3) is 25.3. The number of carbonyl (C=O) groups is 10. The third-order valence-electron chi connectivity index (χ3n) is 9.43.